The van der Waals surface area contributed by atoms with Crippen LogP contribution in [0.1, 0.15) is 11.7 Å². The number of nitrogens with one attached hydrogen (secondary N) is 2. The summed E-state index contributed by atoms with van der Waals surface area (Å²) < 4.78 is 0. The van der Waals surface area contributed by atoms with Crippen molar-refractivity contribution in [2.45, 2.75) is 6.10 Å². The number of phenols is 1. The molecule has 0 heterocycles. The van der Waals surface area contributed by atoms with Gasteiger partial charge in [-0.2, -0.15) is 0 Å². The summed E-state index contributed by atoms with van der Waals surface area (Å²) in [7, 11) is 1.52. The van der Waals surface area contributed by atoms with E-state index in [1.165, 1.54) is 19.2 Å². The summed E-state index contributed by atoms with van der Waals surface area (Å²) >= 11 is 0. The molecule has 2 amide bonds. The summed E-state index contributed by atoms with van der Waals surface area (Å²) in [6, 6.07) is 6.11. The Hall–Kier alpha value is -1.79. The fourth-order valence-electron chi connectivity index (χ4n) is 1.21. The van der Waals surface area contributed by atoms with E-state index in [1.807, 2.05) is 0 Å². The van der Waals surface area contributed by atoms with Crippen molar-refractivity contribution in [2.24, 2.45) is 5.90 Å². The molecule has 0 aromatic heterocycles. The van der Waals surface area contributed by atoms with Gasteiger partial charge >= 0.3 is 6.03 Å². The zero-order valence-electron chi connectivity index (χ0n) is 8.93. The Morgan fingerprint density at radius 1 is 1.50 bits per heavy atom. The third kappa shape index (κ3) is 3.41. The van der Waals surface area contributed by atoms with Crippen molar-refractivity contribution in [3.8, 4) is 5.75 Å². The Morgan fingerprint density at radius 2 is 2.12 bits per heavy atom. The number of amides is 2. The van der Waals surface area contributed by atoms with Crippen LogP contribution in [-0.4, -0.2) is 24.7 Å². The lowest BCUT2D eigenvalue weighted by Gasteiger charge is -2.15. The standard InChI is InChI=1S/C10H15N3O3/c1-12-10(15)13-6-9(16-11)7-2-4-8(14)5-3-7/h2-5,9,14H,6,11H2,1H3,(H2,12,13,15). The maximum absolute atomic E-state index is 11.0. The van der Waals surface area contributed by atoms with Crippen LogP contribution >= 0.6 is 0 Å². The van der Waals surface area contributed by atoms with Gasteiger partial charge in [0.15, 0.2) is 0 Å². The molecule has 0 aliphatic heterocycles. The Morgan fingerprint density at radius 3 is 2.62 bits per heavy atom. The monoisotopic (exact) mass is 225 g/mol. The van der Waals surface area contributed by atoms with Crippen molar-refractivity contribution in [1.82, 2.24) is 10.6 Å². The molecule has 0 aliphatic rings. The summed E-state index contributed by atoms with van der Waals surface area (Å²) in [4.78, 5) is 15.7. The molecule has 1 aromatic carbocycles. The average Bonchev–Trinajstić information content (AvgIpc) is 2.31. The minimum atomic E-state index is -0.446. The molecule has 1 unspecified atom stereocenters. The molecule has 0 spiro atoms. The molecule has 1 rings (SSSR count). The summed E-state index contributed by atoms with van der Waals surface area (Å²) in [5, 5.41) is 14.1. The molecule has 0 aliphatic carbocycles. The van der Waals surface area contributed by atoms with Crippen LogP contribution in [0.15, 0.2) is 24.3 Å². The van der Waals surface area contributed by atoms with Crippen LogP contribution in [0.2, 0.25) is 0 Å². The molecule has 88 valence electrons. The number of hydrogen-bond donors (Lipinski definition) is 4. The minimum absolute atomic E-state index is 0.166. The molecular weight excluding hydrogens is 210 g/mol. The first kappa shape index (κ1) is 12.3. The molecule has 16 heavy (non-hydrogen) atoms. The maximum atomic E-state index is 11.0. The van der Waals surface area contributed by atoms with Gasteiger partial charge in [-0.1, -0.05) is 12.1 Å². The molecule has 1 aromatic rings. The van der Waals surface area contributed by atoms with Crippen molar-refractivity contribution < 1.29 is 14.7 Å². The fourth-order valence-corrected chi connectivity index (χ4v) is 1.21. The van der Waals surface area contributed by atoms with Crippen LogP contribution in [0.3, 0.4) is 0 Å². The van der Waals surface area contributed by atoms with Gasteiger partial charge in [-0.15, -0.1) is 0 Å². The highest BCUT2D eigenvalue weighted by molar-refractivity contribution is 5.73. The van der Waals surface area contributed by atoms with Gasteiger partial charge < -0.3 is 15.7 Å². The molecule has 5 N–H and O–H groups in total. The molecule has 0 saturated heterocycles. The summed E-state index contributed by atoms with van der Waals surface area (Å²) in [6.07, 6.45) is -0.446. The first-order chi connectivity index (χ1) is 7.67. The number of benzene rings is 1. The smallest absolute Gasteiger partial charge is 0.314 e. The zero-order valence-corrected chi connectivity index (χ0v) is 8.93. The van der Waals surface area contributed by atoms with Crippen LogP contribution in [0.25, 0.3) is 0 Å². The van der Waals surface area contributed by atoms with E-state index in [9.17, 15) is 4.79 Å². The van der Waals surface area contributed by atoms with Gasteiger partial charge in [0.2, 0.25) is 0 Å². The topological polar surface area (TPSA) is 96.6 Å². The normalized spacial score (nSPS) is 11.9. The Kier molecular flexibility index (Phi) is 4.56. The zero-order chi connectivity index (χ0) is 12.0. The van der Waals surface area contributed by atoms with Crippen LogP contribution in [-0.2, 0) is 4.84 Å². The van der Waals surface area contributed by atoms with E-state index >= 15 is 0 Å². The van der Waals surface area contributed by atoms with Crippen molar-refractivity contribution in [3.63, 3.8) is 0 Å². The Bertz CT molecular complexity index is 340. The van der Waals surface area contributed by atoms with E-state index in [-0.39, 0.29) is 18.3 Å². The third-order valence-electron chi connectivity index (χ3n) is 2.10. The fraction of sp³-hybridized carbons (Fsp3) is 0.300. The SMILES string of the molecule is CNC(=O)NCC(ON)c1ccc(O)cc1. The highest BCUT2D eigenvalue weighted by atomic mass is 16.6. The van der Waals surface area contributed by atoms with Gasteiger partial charge in [0.25, 0.3) is 0 Å². The molecule has 0 radical (unpaired) electrons. The molecule has 0 fully saturated rings. The number of nitrogens with two attached hydrogens (primary N) is 1. The second-order valence-corrected chi connectivity index (χ2v) is 3.18. The Balaban J connectivity index is 2.60. The van der Waals surface area contributed by atoms with Crippen LogP contribution in [0.5, 0.6) is 5.75 Å². The molecule has 0 bridgehead atoms. The van der Waals surface area contributed by atoms with Crippen molar-refractivity contribution in [2.75, 3.05) is 13.6 Å². The molecular formula is C10H15N3O3. The lowest BCUT2D eigenvalue weighted by atomic mass is 10.1. The highest BCUT2D eigenvalue weighted by Gasteiger charge is 2.12. The van der Waals surface area contributed by atoms with Crippen LogP contribution < -0.4 is 16.5 Å². The number of phenolic OH excluding ortho intramolecular Hbond substituents is 1. The average molecular weight is 225 g/mol. The maximum Gasteiger partial charge on any atom is 0.314 e. The van der Waals surface area contributed by atoms with E-state index in [2.05, 4.69) is 10.6 Å². The van der Waals surface area contributed by atoms with Crippen LogP contribution in [0.4, 0.5) is 4.79 Å². The van der Waals surface area contributed by atoms with Gasteiger partial charge in [-0.3, -0.25) is 4.84 Å². The lowest BCUT2D eigenvalue weighted by Crippen LogP contribution is -2.36. The van der Waals surface area contributed by atoms with Gasteiger partial charge in [0.05, 0.1) is 6.54 Å². The molecule has 1 atom stereocenters. The number of carbonyl (C=O) groups is 1. The van der Waals surface area contributed by atoms with Crippen molar-refractivity contribution in [3.05, 3.63) is 29.8 Å². The highest BCUT2D eigenvalue weighted by Crippen LogP contribution is 2.17. The van der Waals surface area contributed by atoms with Crippen molar-refractivity contribution >= 4 is 6.03 Å². The van der Waals surface area contributed by atoms with E-state index in [0.717, 1.165) is 5.56 Å². The van der Waals surface area contributed by atoms with Gasteiger partial charge in [-0.25, -0.2) is 10.7 Å². The first-order valence-corrected chi connectivity index (χ1v) is 4.77. The first-order valence-electron chi connectivity index (χ1n) is 4.77. The van der Waals surface area contributed by atoms with Gasteiger partial charge in [-0.05, 0) is 17.7 Å². The predicted octanol–water partition coefficient (Wildman–Crippen LogP) is 0.253. The lowest BCUT2D eigenvalue weighted by molar-refractivity contribution is 0.0543. The number of urea groups is 1. The molecule has 0 saturated carbocycles. The van der Waals surface area contributed by atoms with E-state index in [1.54, 1.807) is 12.1 Å². The van der Waals surface area contributed by atoms with Crippen LogP contribution in [0, 0.1) is 0 Å². The molecule has 6 nitrogen and oxygen atoms in total. The predicted molar refractivity (Wildman–Crippen MR) is 58.6 cm³/mol. The number of aromatic hydroxyl groups is 1. The largest absolute Gasteiger partial charge is 0.508 e. The minimum Gasteiger partial charge on any atom is -0.508 e. The molecule has 6 heteroatoms. The summed E-state index contributed by atoms with van der Waals surface area (Å²) in [6.45, 7) is 0.251. The number of hydrogen-bond acceptors (Lipinski definition) is 4. The third-order valence-corrected chi connectivity index (χ3v) is 2.10. The second kappa shape index (κ2) is 5.94. The van der Waals surface area contributed by atoms with E-state index < -0.39 is 6.10 Å². The Labute approximate surface area is 93.4 Å². The number of carbonyl (C=O) groups excluding carboxylic acids is 1. The van der Waals surface area contributed by atoms with Gasteiger partial charge in [0, 0.05) is 7.05 Å². The van der Waals surface area contributed by atoms with E-state index in [0.29, 0.717) is 0 Å². The summed E-state index contributed by atoms with van der Waals surface area (Å²) in [5.41, 5.74) is 0.775. The second-order valence-electron chi connectivity index (χ2n) is 3.18. The van der Waals surface area contributed by atoms with Gasteiger partial charge in [0.1, 0.15) is 11.9 Å². The van der Waals surface area contributed by atoms with Crippen molar-refractivity contribution in [1.29, 1.82) is 0 Å². The quantitative estimate of drug-likeness (QED) is 0.552. The summed E-state index contributed by atoms with van der Waals surface area (Å²) in [5.74, 6) is 5.30. The van der Waals surface area contributed by atoms with E-state index in [4.69, 9.17) is 15.8 Å². The number of rotatable bonds is 4.